The normalized spacial score (nSPS) is 17.9. The quantitative estimate of drug-likeness (QED) is 0.531. The third-order valence-corrected chi connectivity index (χ3v) is 11.7. The largest absolute Gasteiger partial charge is 0.447 e. The molecule has 142 valence electrons. The van der Waals surface area contributed by atoms with Crippen molar-refractivity contribution < 1.29 is 9.53 Å². The molecule has 1 heterocycles. The molecule has 2 aromatic rings. The summed E-state index contributed by atoms with van der Waals surface area (Å²) in [5.41, 5.74) is 2.35. The van der Waals surface area contributed by atoms with Gasteiger partial charge in [-0.1, -0.05) is 99.6 Å². The van der Waals surface area contributed by atoms with Gasteiger partial charge >= 0.3 is 6.09 Å². The summed E-state index contributed by atoms with van der Waals surface area (Å²) in [6.07, 6.45) is 1.87. The van der Waals surface area contributed by atoms with Crippen LogP contribution in [0.25, 0.3) is 5.20 Å². The number of cyclic esters (lactones) is 1. The van der Waals surface area contributed by atoms with E-state index in [-0.39, 0.29) is 12.1 Å². The molecule has 0 unspecified atom stereocenters. The smallest absolute Gasteiger partial charge is 0.414 e. The van der Waals surface area contributed by atoms with E-state index in [1.807, 2.05) is 29.2 Å². The molecule has 1 aliphatic heterocycles. The molecule has 0 spiro atoms. The second-order valence-electron chi connectivity index (χ2n) is 7.16. The average Bonchev–Trinajstić information content (AvgIpc) is 3.10. The minimum atomic E-state index is -1.70. The monoisotopic (exact) mass is 379 g/mol. The van der Waals surface area contributed by atoms with Crippen molar-refractivity contribution in [2.75, 3.05) is 6.61 Å². The summed E-state index contributed by atoms with van der Waals surface area (Å²) in [4.78, 5) is 14.4. The molecule has 3 rings (SSSR count). The van der Waals surface area contributed by atoms with E-state index in [1.165, 1.54) is 28.9 Å². The Balaban J connectivity index is 2.10. The van der Waals surface area contributed by atoms with Crippen LogP contribution in [0, 0.1) is 0 Å². The predicted octanol–water partition coefficient (Wildman–Crippen LogP) is 6.27. The lowest BCUT2D eigenvalue weighted by Crippen LogP contribution is -2.35. The van der Waals surface area contributed by atoms with Crippen LogP contribution < -0.4 is 0 Å². The van der Waals surface area contributed by atoms with Crippen LogP contribution in [0.4, 0.5) is 4.79 Å². The van der Waals surface area contributed by atoms with Gasteiger partial charge in [0.05, 0.1) is 14.1 Å². The zero-order valence-corrected chi connectivity index (χ0v) is 17.5. The molecular weight excluding hydrogens is 350 g/mol. The first-order valence-corrected chi connectivity index (χ1v) is 12.5. The summed E-state index contributed by atoms with van der Waals surface area (Å²) in [7, 11) is -1.70. The van der Waals surface area contributed by atoms with Gasteiger partial charge in [0.2, 0.25) is 0 Å². The molecule has 2 aromatic carbocycles. The van der Waals surface area contributed by atoms with Gasteiger partial charge in [-0.15, -0.1) is 0 Å². The van der Waals surface area contributed by atoms with Crippen LogP contribution in [0.15, 0.2) is 66.9 Å². The van der Waals surface area contributed by atoms with Crippen molar-refractivity contribution in [2.24, 2.45) is 0 Å². The second kappa shape index (κ2) is 8.57. The fourth-order valence-corrected chi connectivity index (χ4v) is 7.94. The van der Waals surface area contributed by atoms with Crippen LogP contribution in [-0.2, 0) is 4.74 Å². The summed E-state index contributed by atoms with van der Waals surface area (Å²) in [5, 5.41) is 1.36. The number of hydrogen-bond acceptors (Lipinski definition) is 2. The van der Waals surface area contributed by atoms with Crippen molar-refractivity contribution in [3.8, 4) is 0 Å². The molecular formula is C23H29NO2Si. The van der Waals surface area contributed by atoms with Gasteiger partial charge in [0.25, 0.3) is 0 Å². The van der Waals surface area contributed by atoms with Gasteiger partial charge in [-0.25, -0.2) is 4.79 Å². The Bertz CT molecular complexity index is 776. The zero-order chi connectivity index (χ0) is 19.3. The van der Waals surface area contributed by atoms with Crippen LogP contribution in [0.5, 0.6) is 0 Å². The fourth-order valence-electron chi connectivity index (χ4n) is 4.10. The molecule has 4 heteroatoms. The Morgan fingerprint density at radius 1 is 1.00 bits per heavy atom. The van der Waals surface area contributed by atoms with Crippen LogP contribution >= 0.6 is 0 Å². The molecule has 0 N–H and O–H groups in total. The summed E-state index contributed by atoms with van der Waals surface area (Å²) in [5.74, 6) is 0. The number of nitrogens with zero attached hydrogens (tertiary/aromatic N) is 1. The van der Waals surface area contributed by atoms with Gasteiger partial charge in [-0.3, -0.25) is 4.90 Å². The Morgan fingerprint density at radius 2 is 1.56 bits per heavy atom. The summed E-state index contributed by atoms with van der Waals surface area (Å²) in [6, 6.07) is 24.2. The highest BCUT2D eigenvalue weighted by Crippen LogP contribution is 2.38. The number of benzene rings is 2. The van der Waals surface area contributed by atoms with Gasteiger partial charge in [0, 0.05) is 6.20 Å². The molecule has 0 aromatic heterocycles. The molecule has 0 radical (unpaired) electrons. The number of amides is 1. The lowest BCUT2D eigenvalue weighted by molar-refractivity contribution is 0.166. The molecule has 1 aliphatic rings. The van der Waals surface area contributed by atoms with E-state index >= 15 is 0 Å². The average molecular weight is 380 g/mol. The van der Waals surface area contributed by atoms with Crippen molar-refractivity contribution >= 4 is 19.4 Å². The maximum absolute atomic E-state index is 12.6. The zero-order valence-electron chi connectivity index (χ0n) is 16.5. The number of ether oxygens (including phenoxy) is 1. The van der Waals surface area contributed by atoms with Crippen molar-refractivity contribution in [1.82, 2.24) is 4.90 Å². The molecule has 27 heavy (non-hydrogen) atoms. The number of carbonyl (C=O) groups excluding carboxylic acids is 1. The van der Waals surface area contributed by atoms with E-state index < -0.39 is 8.07 Å². The summed E-state index contributed by atoms with van der Waals surface area (Å²) in [6.45, 7) is 7.30. The van der Waals surface area contributed by atoms with Gasteiger partial charge in [-0.2, -0.15) is 0 Å². The van der Waals surface area contributed by atoms with E-state index in [1.54, 1.807) is 0 Å². The van der Waals surface area contributed by atoms with E-state index in [9.17, 15) is 4.79 Å². The maximum Gasteiger partial charge on any atom is 0.414 e. The predicted molar refractivity (Wildman–Crippen MR) is 114 cm³/mol. The molecule has 0 saturated carbocycles. The molecule has 0 bridgehead atoms. The Labute approximate surface area is 163 Å². The lowest BCUT2D eigenvalue weighted by Gasteiger charge is -2.33. The van der Waals surface area contributed by atoms with Gasteiger partial charge < -0.3 is 4.74 Å². The van der Waals surface area contributed by atoms with Crippen molar-refractivity contribution in [1.29, 1.82) is 0 Å². The van der Waals surface area contributed by atoms with Crippen LogP contribution in [-0.4, -0.2) is 25.7 Å². The Hall–Kier alpha value is -2.33. The standard InChI is InChI=1S/C23H29NO2Si/c1-4-27(5-2,6-3)22(20-15-11-8-12-16-20)17-24-21(18-26-23(24)25)19-13-9-7-10-14-19/h7-17,21H,4-6,18H2,1-3H3/b22-17-/t21-/m1/s1. The van der Waals surface area contributed by atoms with Gasteiger partial charge in [0.15, 0.2) is 0 Å². The van der Waals surface area contributed by atoms with Crippen molar-refractivity contribution in [2.45, 2.75) is 44.9 Å². The third kappa shape index (κ3) is 3.86. The van der Waals surface area contributed by atoms with Crippen molar-refractivity contribution in [3.05, 3.63) is 78.0 Å². The number of rotatable bonds is 7. The molecule has 0 aliphatic carbocycles. The van der Waals surface area contributed by atoms with Crippen molar-refractivity contribution in [3.63, 3.8) is 0 Å². The Kier molecular flexibility index (Phi) is 6.17. The molecule has 1 saturated heterocycles. The minimum Gasteiger partial charge on any atom is -0.447 e. The highest BCUT2D eigenvalue weighted by atomic mass is 28.3. The second-order valence-corrected chi connectivity index (χ2v) is 12.4. The number of carbonyl (C=O) groups is 1. The highest BCUT2D eigenvalue weighted by molar-refractivity contribution is 6.96. The first-order valence-electron chi connectivity index (χ1n) is 9.93. The van der Waals surface area contributed by atoms with E-state index in [0.29, 0.717) is 6.61 Å². The van der Waals surface area contributed by atoms with E-state index in [2.05, 4.69) is 63.4 Å². The highest BCUT2D eigenvalue weighted by Gasteiger charge is 2.37. The SMILES string of the molecule is CC[Si](CC)(CC)/C(=C\N1C(=O)OC[C@@H]1c1ccccc1)c1ccccc1. The minimum absolute atomic E-state index is 0.0605. The summed E-state index contributed by atoms with van der Waals surface area (Å²) < 4.78 is 5.44. The lowest BCUT2D eigenvalue weighted by atomic mass is 10.1. The molecule has 1 amide bonds. The maximum atomic E-state index is 12.6. The topological polar surface area (TPSA) is 29.5 Å². The third-order valence-electron chi connectivity index (χ3n) is 6.05. The van der Waals surface area contributed by atoms with E-state index in [0.717, 1.165) is 5.56 Å². The van der Waals surface area contributed by atoms with Gasteiger partial charge in [0.1, 0.15) is 6.61 Å². The first kappa shape index (κ1) is 19.4. The first-order chi connectivity index (χ1) is 13.1. The van der Waals surface area contributed by atoms with Crippen LogP contribution in [0.2, 0.25) is 18.1 Å². The van der Waals surface area contributed by atoms with Gasteiger partial charge in [-0.05, 0) is 16.3 Å². The molecule has 1 fully saturated rings. The fraction of sp³-hybridized carbons (Fsp3) is 0.348. The van der Waals surface area contributed by atoms with Crippen LogP contribution in [0.3, 0.4) is 0 Å². The molecule has 3 nitrogen and oxygen atoms in total. The Morgan fingerprint density at radius 3 is 2.11 bits per heavy atom. The summed E-state index contributed by atoms with van der Waals surface area (Å²) >= 11 is 0. The van der Waals surface area contributed by atoms with Crippen LogP contribution in [0.1, 0.15) is 37.9 Å². The number of hydrogen-bond donors (Lipinski definition) is 0. The van der Waals surface area contributed by atoms with E-state index in [4.69, 9.17) is 4.74 Å². The molecule has 1 atom stereocenters.